The maximum Gasteiger partial charge on any atom is 0.238 e. The molecule has 1 N–H and O–H groups in total. The van der Waals surface area contributed by atoms with Crippen LogP contribution < -0.4 is 10.1 Å². The van der Waals surface area contributed by atoms with Gasteiger partial charge in [0.25, 0.3) is 0 Å². The largest absolute Gasteiger partial charge is 0.497 e. The van der Waals surface area contributed by atoms with Crippen LogP contribution in [0.25, 0.3) is 0 Å². The van der Waals surface area contributed by atoms with Gasteiger partial charge in [-0.25, -0.2) is 4.99 Å². The molecule has 0 aliphatic carbocycles. The number of halogens is 1. The third-order valence-corrected chi connectivity index (χ3v) is 5.74. The van der Waals surface area contributed by atoms with E-state index in [1.54, 1.807) is 38.4 Å². The predicted molar refractivity (Wildman–Crippen MR) is 112 cm³/mol. The average molecular weight is 448 g/mol. The molecule has 27 heavy (non-hydrogen) atoms. The third-order valence-electron chi connectivity index (χ3n) is 3.97. The van der Waals surface area contributed by atoms with E-state index in [1.165, 1.54) is 16.7 Å². The predicted octanol–water partition coefficient (Wildman–Crippen LogP) is 4.05. The first-order valence-electron chi connectivity index (χ1n) is 8.18. The number of aliphatic imine (C=N–C) groups is 1. The van der Waals surface area contributed by atoms with Gasteiger partial charge in [0.15, 0.2) is 5.17 Å². The number of carbonyl (C=O) groups is 2. The zero-order valence-corrected chi connectivity index (χ0v) is 17.2. The Morgan fingerprint density at radius 1 is 1.22 bits per heavy atom. The normalized spacial score (nSPS) is 18.5. The molecule has 2 aromatic carbocycles. The van der Waals surface area contributed by atoms with Crippen molar-refractivity contribution in [3.63, 3.8) is 0 Å². The van der Waals surface area contributed by atoms with E-state index in [4.69, 9.17) is 4.74 Å². The fourth-order valence-electron chi connectivity index (χ4n) is 2.42. The number of benzene rings is 2. The number of anilines is 1. The van der Waals surface area contributed by atoms with Gasteiger partial charge in [0.05, 0.1) is 12.8 Å². The van der Waals surface area contributed by atoms with Crippen LogP contribution in [0.4, 0.5) is 11.4 Å². The number of nitrogens with one attached hydrogen (secondary N) is 1. The van der Waals surface area contributed by atoms with Crippen LogP contribution in [0, 0.1) is 0 Å². The second-order valence-corrected chi connectivity index (χ2v) is 7.94. The Morgan fingerprint density at radius 3 is 2.52 bits per heavy atom. The van der Waals surface area contributed by atoms with Gasteiger partial charge in [0.2, 0.25) is 11.8 Å². The van der Waals surface area contributed by atoms with Gasteiger partial charge in [-0.3, -0.25) is 14.5 Å². The molecule has 0 aromatic heterocycles. The monoisotopic (exact) mass is 447 g/mol. The number of methoxy groups -OCH3 is 1. The standard InChI is InChI=1S/C19H18BrN3O3S/c1-23-17(24)11-16(18(25)21-13-7-9-15(26-2)10-8-13)27-19(23)22-14-5-3-12(20)4-6-14/h3-10,16H,11H2,1-2H3,(H,21,25)/t16-/m0/s1. The molecule has 0 radical (unpaired) electrons. The minimum absolute atomic E-state index is 0.127. The molecule has 0 spiro atoms. The molecule has 1 aliphatic rings. The first kappa shape index (κ1) is 19.4. The number of hydrogen-bond acceptors (Lipinski definition) is 5. The zero-order valence-electron chi connectivity index (χ0n) is 14.8. The highest BCUT2D eigenvalue weighted by molar-refractivity contribution is 9.10. The molecule has 1 fully saturated rings. The smallest absolute Gasteiger partial charge is 0.238 e. The van der Waals surface area contributed by atoms with Gasteiger partial charge in [0.1, 0.15) is 11.0 Å². The first-order valence-corrected chi connectivity index (χ1v) is 9.86. The zero-order chi connectivity index (χ0) is 19.4. The fourth-order valence-corrected chi connectivity index (χ4v) is 3.75. The molecule has 1 saturated heterocycles. The van der Waals surface area contributed by atoms with E-state index in [-0.39, 0.29) is 18.2 Å². The number of carbonyl (C=O) groups excluding carboxylic acids is 2. The van der Waals surface area contributed by atoms with Gasteiger partial charge in [-0.1, -0.05) is 27.7 Å². The van der Waals surface area contributed by atoms with Gasteiger partial charge in [-0.15, -0.1) is 0 Å². The van der Waals surface area contributed by atoms with E-state index in [0.717, 1.165) is 10.2 Å². The minimum Gasteiger partial charge on any atom is -0.497 e. The highest BCUT2D eigenvalue weighted by Gasteiger charge is 2.34. The Labute approximate surface area is 170 Å². The van der Waals surface area contributed by atoms with Crippen molar-refractivity contribution in [3.8, 4) is 5.75 Å². The summed E-state index contributed by atoms with van der Waals surface area (Å²) in [4.78, 5) is 31.0. The molecule has 1 aliphatic heterocycles. The summed E-state index contributed by atoms with van der Waals surface area (Å²) in [6.45, 7) is 0. The van der Waals surface area contributed by atoms with E-state index >= 15 is 0 Å². The third kappa shape index (κ3) is 4.90. The van der Waals surface area contributed by atoms with Gasteiger partial charge in [0, 0.05) is 23.6 Å². The molecule has 1 heterocycles. The molecular formula is C19H18BrN3O3S. The van der Waals surface area contributed by atoms with Crippen LogP contribution in [0.15, 0.2) is 58.0 Å². The molecule has 2 amide bonds. The number of hydrogen-bond donors (Lipinski definition) is 1. The summed E-state index contributed by atoms with van der Waals surface area (Å²) in [5, 5.41) is 2.81. The Kier molecular flexibility index (Phi) is 6.18. The molecule has 2 aromatic rings. The summed E-state index contributed by atoms with van der Waals surface area (Å²) in [6, 6.07) is 14.5. The molecule has 0 unspecified atom stereocenters. The molecule has 8 heteroatoms. The number of amides is 2. The topological polar surface area (TPSA) is 71.0 Å². The van der Waals surface area contributed by atoms with E-state index in [1.807, 2.05) is 24.3 Å². The van der Waals surface area contributed by atoms with E-state index in [9.17, 15) is 9.59 Å². The van der Waals surface area contributed by atoms with Crippen LogP contribution in [0.5, 0.6) is 5.75 Å². The van der Waals surface area contributed by atoms with Crippen molar-refractivity contribution in [2.75, 3.05) is 19.5 Å². The summed E-state index contributed by atoms with van der Waals surface area (Å²) >= 11 is 4.67. The second-order valence-electron chi connectivity index (χ2n) is 5.85. The Bertz CT molecular complexity index is 869. The molecule has 3 rings (SSSR count). The van der Waals surface area contributed by atoms with Crippen molar-refractivity contribution in [1.82, 2.24) is 4.90 Å². The summed E-state index contributed by atoms with van der Waals surface area (Å²) in [7, 11) is 3.26. The van der Waals surface area contributed by atoms with Gasteiger partial charge in [-0.05, 0) is 48.5 Å². The summed E-state index contributed by atoms with van der Waals surface area (Å²) in [5.41, 5.74) is 1.37. The number of thioether (sulfide) groups is 1. The maximum atomic E-state index is 12.6. The van der Waals surface area contributed by atoms with Crippen LogP contribution in [-0.2, 0) is 9.59 Å². The number of rotatable bonds is 4. The van der Waals surface area contributed by atoms with E-state index < -0.39 is 5.25 Å². The minimum atomic E-state index is -0.537. The molecule has 1 atom stereocenters. The number of amidine groups is 1. The summed E-state index contributed by atoms with van der Waals surface area (Å²) in [6.07, 6.45) is 0.127. The van der Waals surface area contributed by atoms with Crippen molar-refractivity contribution in [3.05, 3.63) is 53.0 Å². The van der Waals surface area contributed by atoms with Crippen LogP contribution in [0.3, 0.4) is 0 Å². The van der Waals surface area contributed by atoms with Crippen LogP contribution in [-0.4, -0.2) is 41.3 Å². The number of ether oxygens (including phenoxy) is 1. The van der Waals surface area contributed by atoms with Crippen molar-refractivity contribution in [2.45, 2.75) is 11.7 Å². The molecule has 6 nitrogen and oxygen atoms in total. The lowest BCUT2D eigenvalue weighted by atomic mass is 10.2. The van der Waals surface area contributed by atoms with Gasteiger partial charge >= 0.3 is 0 Å². The molecule has 0 bridgehead atoms. The summed E-state index contributed by atoms with van der Waals surface area (Å²) < 4.78 is 6.06. The van der Waals surface area contributed by atoms with Gasteiger partial charge in [-0.2, -0.15) is 0 Å². The SMILES string of the molecule is COc1ccc(NC(=O)[C@@H]2CC(=O)N(C)C(=Nc3ccc(Br)cc3)S2)cc1. The van der Waals surface area contributed by atoms with Crippen molar-refractivity contribution in [1.29, 1.82) is 0 Å². The lowest BCUT2D eigenvalue weighted by Crippen LogP contribution is -2.43. The average Bonchev–Trinajstić information content (AvgIpc) is 2.67. The lowest BCUT2D eigenvalue weighted by Gasteiger charge is -2.28. The van der Waals surface area contributed by atoms with Crippen LogP contribution in [0.2, 0.25) is 0 Å². The first-order chi connectivity index (χ1) is 13.0. The molecule has 0 saturated carbocycles. The Hall–Kier alpha value is -2.32. The highest BCUT2D eigenvalue weighted by atomic mass is 79.9. The lowest BCUT2D eigenvalue weighted by molar-refractivity contribution is -0.128. The fraction of sp³-hybridized carbons (Fsp3) is 0.211. The van der Waals surface area contributed by atoms with E-state index in [2.05, 4.69) is 26.2 Å². The Balaban J connectivity index is 1.74. The van der Waals surface area contributed by atoms with Crippen molar-refractivity contribution in [2.24, 2.45) is 4.99 Å². The quantitative estimate of drug-likeness (QED) is 0.767. The van der Waals surface area contributed by atoms with Crippen LogP contribution >= 0.6 is 27.7 Å². The molecular weight excluding hydrogens is 430 g/mol. The highest BCUT2D eigenvalue weighted by Crippen LogP contribution is 2.29. The van der Waals surface area contributed by atoms with Gasteiger partial charge < -0.3 is 10.1 Å². The summed E-state index contributed by atoms with van der Waals surface area (Å²) in [5.74, 6) is 0.343. The van der Waals surface area contributed by atoms with Crippen LogP contribution in [0.1, 0.15) is 6.42 Å². The number of nitrogens with zero attached hydrogens (tertiary/aromatic N) is 2. The van der Waals surface area contributed by atoms with Crippen molar-refractivity contribution >= 4 is 56.0 Å². The second kappa shape index (κ2) is 8.58. The maximum absolute atomic E-state index is 12.6. The Morgan fingerprint density at radius 2 is 1.89 bits per heavy atom. The van der Waals surface area contributed by atoms with E-state index in [0.29, 0.717) is 16.6 Å². The molecule has 140 valence electrons. The van der Waals surface area contributed by atoms with Crippen molar-refractivity contribution < 1.29 is 14.3 Å².